The summed E-state index contributed by atoms with van der Waals surface area (Å²) in [5.41, 5.74) is -0.567. The van der Waals surface area contributed by atoms with Crippen molar-refractivity contribution in [2.45, 2.75) is 37.7 Å². The quantitative estimate of drug-likeness (QED) is 0.498. The molecule has 0 aromatic carbocycles. The van der Waals surface area contributed by atoms with E-state index in [4.69, 9.17) is 0 Å². The van der Waals surface area contributed by atoms with Crippen molar-refractivity contribution in [1.29, 1.82) is 0 Å². The lowest BCUT2D eigenvalue weighted by Gasteiger charge is -2.30. The van der Waals surface area contributed by atoms with Gasteiger partial charge in [0.15, 0.2) is 0 Å². The Morgan fingerprint density at radius 1 is 1.30 bits per heavy atom. The summed E-state index contributed by atoms with van der Waals surface area (Å²) >= 11 is 0. The van der Waals surface area contributed by atoms with Crippen molar-refractivity contribution in [3.05, 3.63) is 0 Å². The van der Waals surface area contributed by atoms with E-state index in [1.165, 1.54) is 12.8 Å². The summed E-state index contributed by atoms with van der Waals surface area (Å²) in [4.78, 5) is 0. The largest absolute Gasteiger partial charge is 0.378 e. The SMILES string of the molecule is OC1(C#CC2CC2)CCC1. The molecule has 0 aliphatic heterocycles. The molecule has 2 rings (SSSR count). The Labute approximate surface area is 61.4 Å². The summed E-state index contributed by atoms with van der Waals surface area (Å²) in [7, 11) is 0. The molecule has 2 aliphatic carbocycles. The van der Waals surface area contributed by atoms with E-state index >= 15 is 0 Å². The van der Waals surface area contributed by atoms with Crippen LogP contribution in [0.25, 0.3) is 0 Å². The van der Waals surface area contributed by atoms with Crippen LogP contribution in [0, 0.1) is 17.8 Å². The van der Waals surface area contributed by atoms with Crippen molar-refractivity contribution in [1.82, 2.24) is 0 Å². The zero-order valence-electron chi connectivity index (χ0n) is 6.06. The lowest BCUT2D eigenvalue weighted by Crippen LogP contribution is -2.34. The molecule has 54 valence electrons. The number of aliphatic hydroxyl groups is 1. The molecule has 0 atom stereocenters. The predicted molar refractivity (Wildman–Crippen MR) is 39.3 cm³/mol. The van der Waals surface area contributed by atoms with Gasteiger partial charge in [-0.1, -0.05) is 11.8 Å². The van der Waals surface area contributed by atoms with Gasteiger partial charge in [0.05, 0.1) is 0 Å². The molecule has 0 heterocycles. The minimum Gasteiger partial charge on any atom is -0.378 e. The Hall–Kier alpha value is -0.480. The second-order valence-corrected chi connectivity index (χ2v) is 3.43. The van der Waals surface area contributed by atoms with Crippen molar-refractivity contribution >= 4 is 0 Å². The summed E-state index contributed by atoms with van der Waals surface area (Å²) in [6.45, 7) is 0. The Kier molecular flexibility index (Phi) is 1.25. The van der Waals surface area contributed by atoms with Gasteiger partial charge in [0.25, 0.3) is 0 Å². The number of rotatable bonds is 0. The maximum absolute atomic E-state index is 9.51. The van der Waals surface area contributed by atoms with Crippen LogP contribution in [0.2, 0.25) is 0 Å². The first kappa shape index (κ1) is 6.24. The molecule has 1 heteroatoms. The van der Waals surface area contributed by atoms with Crippen LogP contribution in [-0.2, 0) is 0 Å². The van der Waals surface area contributed by atoms with Crippen LogP contribution in [0.5, 0.6) is 0 Å². The lowest BCUT2D eigenvalue weighted by atomic mass is 9.81. The summed E-state index contributed by atoms with van der Waals surface area (Å²) in [6, 6.07) is 0. The normalized spacial score (nSPS) is 28.1. The Balaban J connectivity index is 1.93. The molecular formula is C9H12O. The average molecular weight is 136 g/mol. The van der Waals surface area contributed by atoms with Gasteiger partial charge in [-0.2, -0.15) is 0 Å². The number of hydrogen-bond donors (Lipinski definition) is 1. The van der Waals surface area contributed by atoms with E-state index in [1.807, 2.05) is 0 Å². The summed E-state index contributed by atoms with van der Waals surface area (Å²) in [6.07, 6.45) is 5.45. The molecule has 0 radical (unpaired) electrons. The molecule has 0 spiro atoms. The van der Waals surface area contributed by atoms with Crippen LogP contribution >= 0.6 is 0 Å². The van der Waals surface area contributed by atoms with Gasteiger partial charge in [0.1, 0.15) is 5.60 Å². The minimum absolute atomic E-state index is 0.567. The van der Waals surface area contributed by atoms with Gasteiger partial charge in [-0.05, 0) is 32.1 Å². The highest BCUT2D eigenvalue weighted by Gasteiger charge is 2.32. The molecule has 0 saturated heterocycles. The minimum atomic E-state index is -0.567. The third-order valence-corrected chi connectivity index (χ3v) is 2.27. The van der Waals surface area contributed by atoms with Crippen molar-refractivity contribution in [2.24, 2.45) is 5.92 Å². The third-order valence-electron chi connectivity index (χ3n) is 2.27. The third kappa shape index (κ3) is 1.17. The average Bonchev–Trinajstić information content (AvgIpc) is 2.61. The first-order valence-corrected chi connectivity index (χ1v) is 4.04. The molecule has 1 nitrogen and oxygen atoms in total. The molecule has 0 bridgehead atoms. The van der Waals surface area contributed by atoms with Crippen LogP contribution in [0.1, 0.15) is 32.1 Å². The summed E-state index contributed by atoms with van der Waals surface area (Å²) in [5.74, 6) is 6.69. The topological polar surface area (TPSA) is 20.2 Å². The van der Waals surface area contributed by atoms with Gasteiger partial charge < -0.3 is 5.11 Å². The van der Waals surface area contributed by atoms with Crippen molar-refractivity contribution in [3.63, 3.8) is 0 Å². The van der Waals surface area contributed by atoms with Gasteiger partial charge >= 0.3 is 0 Å². The first-order chi connectivity index (χ1) is 4.79. The monoisotopic (exact) mass is 136 g/mol. The lowest BCUT2D eigenvalue weighted by molar-refractivity contribution is 0.0238. The molecule has 2 fully saturated rings. The van der Waals surface area contributed by atoms with Crippen LogP contribution in [-0.4, -0.2) is 10.7 Å². The van der Waals surface area contributed by atoms with Gasteiger partial charge in [-0.3, -0.25) is 0 Å². The number of hydrogen-bond acceptors (Lipinski definition) is 1. The highest BCUT2D eigenvalue weighted by Crippen LogP contribution is 2.32. The Bertz CT molecular complexity index is 189. The standard InChI is InChI=1S/C9H12O/c10-9(5-1-6-9)7-4-8-2-3-8/h8,10H,1-3,5-6H2. The van der Waals surface area contributed by atoms with E-state index in [-0.39, 0.29) is 0 Å². The zero-order valence-corrected chi connectivity index (χ0v) is 6.06. The molecule has 2 saturated carbocycles. The van der Waals surface area contributed by atoms with Crippen LogP contribution < -0.4 is 0 Å². The summed E-state index contributed by atoms with van der Waals surface area (Å²) in [5, 5.41) is 9.51. The van der Waals surface area contributed by atoms with E-state index in [1.54, 1.807) is 0 Å². The van der Waals surface area contributed by atoms with E-state index in [2.05, 4.69) is 11.8 Å². The zero-order chi connectivity index (χ0) is 7.03. The van der Waals surface area contributed by atoms with Gasteiger partial charge in [0, 0.05) is 5.92 Å². The fraction of sp³-hybridized carbons (Fsp3) is 0.778. The molecule has 0 amide bonds. The van der Waals surface area contributed by atoms with Gasteiger partial charge in [-0.15, -0.1) is 0 Å². The van der Waals surface area contributed by atoms with Crippen molar-refractivity contribution in [2.75, 3.05) is 0 Å². The van der Waals surface area contributed by atoms with Crippen molar-refractivity contribution in [3.8, 4) is 11.8 Å². The molecule has 1 N–H and O–H groups in total. The highest BCUT2D eigenvalue weighted by atomic mass is 16.3. The van der Waals surface area contributed by atoms with E-state index in [0.29, 0.717) is 5.92 Å². The van der Waals surface area contributed by atoms with E-state index < -0.39 is 5.60 Å². The van der Waals surface area contributed by atoms with Crippen LogP contribution in [0.15, 0.2) is 0 Å². The molecule has 2 aliphatic rings. The molecular weight excluding hydrogens is 124 g/mol. The fourth-order valence-electron chi connectivity index (χ4n) is 1.10. The fourth-order valence-corrected chi connectivity index (χ4v) is 1.10. The predicted octanol–water partition coefficient (Wildman–Crippen LogP) is 1.31. The van der Waals surface area contributed by atoms with Crippen LogP contribution in [0.3, 0.4) is 0 Å². The second kappa shape index (κ2) is 2.00. The summed E-state index contributed by atoms with van der Waals surface area (Å²) < 4.78 is 0. The first-order valence-electron chi connectivity index (χ1n) is 4.04. The van der Waals surface area contributed by atoms with E-state index in [0.717, 1.165) is 19.3 Å². The molecule has 0 aromatic rings. The maximum Gasteiger partial charge on any atom is 0.125 e. The Morgan fingerprint density at radius 2 is 2.00 bits per heavy atom. The van der Waals surface area contributed by atoms with Crippen LogP contribution in [0.4, 0.5) is 0 Å². The van der Waals surface area contributed by atoms with E-state index in [9.17, 15) is 5.11 Å². The smallest absolute Gasteiger partial charge is 0.125 e. The second-order valence-electron chi connectivity index (χ2n) is 3.43. The highest BCUT2D eigenvalue weighted by molar-refractivity contribution is 5.20. The molecule has 0 unspecified atom stereocenters. The van der Waals surface area contributed by atoms with Crippen molar-refractivity contribution < 1.29 is 5.11 Å². The van der Waals surface area contributed by atoms with Gasteiger partial charge in [0.2, 0.25) is 0 Å². The van der Waals surface area contributed by atoms with Gasteiger partial charge in [-0.25, -0.2) is 0 Å². The maximum atomic E-state index is 9.51. The molecule has 10 heavy (non-hydrogen) atoms. The Morgan fingerprint density at radius 3 is 2.40 bits per heavy atom. The molecule has 0 aromatic heterocycles.